The minimum Gasteiger partial charge on any atom is -0.515 e. The first-order valence-electron chi connectivity index (χ1n) is 3.47. The zero-order chi connectivity index (χ0) is 8.27. The molecule has 1 aliphatic carbocycles. The molecule has 0 aliphatic heterocycles. The molecule has 0 spiro atoms. The number of halogens is 1. The number of hydrogen-bond donors (Lipinski definition) is 1. The minimum absolute atomic E-state index is 0.425. The van der Waals surface area contributed by atoms with E-state index in [4.69, 9.17) is 16.7 Å². The van der Waals surface area contributed by atoms with E-state index in [-0.39, 0.29) is 0 Å². The molecule has 60 valence electrons. The van der Waals surface area contributed by atoms with Crippen molar-refractivity contribution in [3.63, 3.8) is 0 Å². The van der Waals surface area contributed by atoms with Crippen molar-refractivity contribution in [2.45, 2.75) is 19.3 Å². The van der Waals surface area contributed by atoms with Crippen LogP contribution in [0.5, 0.6) is 0 Å². The Labute approximate surface area is 70.2 Å². The van der Waals surface area contributed by atoms with Crippen LogP contribution in [0.15, 0.2) is 22.4 Å². The van der Waals surface area contributed by atoms with Crippen molar-refractivity contribution in [3.8, 4) is 0 Å². The molecule has 3 heteroatoms. The van der Waals surface area contributed by atoms with Gasteiger partial charge in [0.25, 0.3) is 0 Å². The van der Waals surface area contributed by atoms with Crippen molar-refractivity contribution in [2.75, 3.05) is 0 Å². The van der Waals surface area contributed by atoms with Crippen molar-refractivity contribution in [3.05, 3.63) is 22.4 Å². The molecule has 0 amide bonds. The topological polar surface area (TPSA) is 37.3 Å². The van der Waals surface area contributed by atoms with Crippen LogP contribution in [0.3, 0.4) is 0 Å². The quantitative estimate of drug-likeness (QED) is 0.487. The first-order valence-corrected chi connectivity index (χ1v) is 3.85. The lowest BCUT2D eigenvalue weighted by Crippen LogP contribution is -2.00. The summed E-state index contributed by atoms with van der Waals surface area (Å²) in [6.45, 7) is 0. The number of aliphatic hydroxyl groups excluding tert-OH is 1. The van der Waals surface area contributed by atoms with Gasteiger partial charge in [-0.3, -0.25) is 4.79 Å². The Morgan fingerprint density at radius 3 is 2.73 bits per heavy atom. The summed E-state index contributed by atoms with van der Waals surface area (Å²) in [6, 6.07) is 0. The van der Waals surface area contributed by atoms with Crippen LogP contribution in [0.25, 0.3) is 0 Å². The molecule has 0 atom stereocenters. The fourth-order valence-corrected chi connectivity index (χ4v) is 1.41. The van der Waals surface area contributed by atoms with E-state index in [0.29, 0.717) is 16.2 Å². The van der Waals surface area contributed by atoms with Crippen LogP contribution in [0.2, 0.25) is 0 Å². The number of aliphatic hydroxyl groups is 1. The molecule has 1 aliphatic rings. The molecule has 0 aromatic heterocycles. The molecule has 0 heterocycles. The van der Waals surface area contributed by atoms with E-state index in [2.05, 4.69) is 0 Å². The van der Waals surface area contributed by atoms with Gasteiger partial charge in [0, 0.05) is 11.1 Å². The van der Waals surface area contributed by atoms with Gasteiger partial charge in [-0.25, -0.2) is 0 Å². The van der Waals surface area contributed by atoms with E-state index >= 15 is 0 Å². The molecular weight excluding hydrogens is 164 g/mol. The van der Waals surface area contributed by atoms with Crippen molar-refractivity contribution in [1.82, 2.24) is 0 Å². The third-order valence-electron chi connectivity index (χ3n) is 1.75. The molecule has 0 bridgehead atoms. The zero-order valence-electron chi connectivity index (χ0n) is 6.01. The Morgan fingerprint density at radius 1 is 1.45 bits per heavy atom. The Hall–Kier alpha value is -0.760. The van der Waals surface area contributed by atoms with Crippen molar-refractivity contribution in [2.24, 2.45) is 0 Å². The Morgan fingerprint density at radius 2 is 2.18 bits per heavy atom. The lowest BCUT2D eigenvalue weighted by Gasteiger charge is -2.13. The summed E-state index contributed by atoms with van der Waals surface area (Å²) >= 11 is 5.77. The second-order valence-corrected chi connectivity index (χ2v) is 2.84. The van der Waals surface area contributed by atoms with Gasteiger partial charge in [-0.1, -0.05) is 11.6 Å². The summed E-state index contributed by atoms with van der Waals surface area (Å²) < 4.78 is 0. The summed E-state index contributed by atoms with van der Waals surface area (Å²) in [5, 5.41) is 9.10. The number of allylic oxidation sites excluding steroid dienone is 3. The number of hydrogen-bond acceptors (Lipinski definition) is 2. The highest BCUT2D eigenvalue weighted by atomic mass is 35.5. The van der Waals surface area contributed by atoms with Crippen LogP contribution in [-0.2, 0) is 4.79 Å². The monoisotopic (exact) mass is 172 g/mol. The molecule has 0 saturated carbocycles. The third kappa shape index (κ3) is 1.63. The van der Waals surface area contributed by atoms with Gasteiger partial charge in [0.15, 0.2) is 0 Å². The summed E-state index contributed by atoms with van der Waals surface area (Å²) in [7, 11) is 0. The van der Waals surface area contributed by atoms with Gasteiger partial charge in [-0.05, 0) is 19.3 Å². The van der Waals surface area contributed by atoms with Crippen molar-refractivity contribution < 1.29 is 9.90 Å². The second-order valence-electron chi connectivity index (χ2n) is 2.46. The predicted molar refractivity (Wildman–Crippen MR) is 43.5 cm³/mol. The van der Waals surface area contributed by atoms with Crippen LogP contribution >= 0.6 is 11.6 Å². The van der Waals surface area contributed by atoms with Gasteiger partial charge in [0.1, 0.15) is 6.29 Å². The van der Waals surface area contributed by atoms with E-state index in [9.17, 15) is 4.79 Å². The molecule has 2 nitrogen and oxygen atoms in total. The van der Waals surface area contributed by atoms with Crippen LogP contribution in [0.4, 0.5) is 0 Å². The Bertz CT molecular complexity index is 228. The average Bonchev–Trinajstić information content (AvgIpc) is 2.05. The van der Waals surface area contributed by atoms with E-state index in [0.717, 1.165) is 31.8 Å². The van der Waals surface area contributed by atoms with Crippen LogP contribution in [-0.4, -0.2) is 11.4 Å². The highest BCUT2D eigenvalue weighted by Crippen LogP contribution is 2.30. The lowest BCUT2D eigenvalue weighted by molar-refractivity contribution is -0.105. The van der Waals surface area contributed by atoms with Gasteiger partial charge in [-0.15, -0.1) is 0 Å². The Kier molecular flexibility index (Phi) is 2.71. The minimum atomic E-state index is 0.425. The highest BCUT2D eigenvalue weighted by molar-refractivity contribution is 6.33. The lowest BCUT2D eigenvalue weighted by atomic mass is 9.96. The molecule has 0 aromatic rings. The normalized spacial score (nSPS) is 22.5. The maximum absolute atomic E-state index is 10.4. The zero-order valence-corrected chi connectivity index (χ0v) is 6.77. The molecular formula is C8H9ClO2. The standard InChI is InChI=1S/C8H9ClO2/c9-8-6(4-10)2-1-3-7(8)5-11/h4-5,10H,1-3H2/b6-4+. The van der Waals surface area contributed by atoms with Gasteiger partial charge in [0.2, 0.25) is 0 Å². The smallest absolute Gasteiger partial charge is 0.147 e. The molecule has 1 rings (SSSR count). The summed E-state index contributed by atoms with van der Waals surface area (Å²) in [6.07, 6.45) is 4.10. The molecule has 1 N–H and O–H groups in total. The van der Waals surface area contributed by atoms with Crippen LogP contribution in [0.1, 0.15) is 19.3 Å². The first kappa shape index (κ1) is 8.34. The number of aldehydes is 1. The number of carbonyl (C=O) groups is 1. The molecule has 0 unspecified atom stereocenters. The molecule has 0 saturated heterocycles. The van der Waals surface area contributed by atoms with E-state index in [1.54, 1.807) is 0 Å². The second kappa shape index (κ2) is 3.58. The van der Waals surface area contributed by atoms with Gasteiger partial charge >= 0.3 is 0 Å². The van der Waals surface area contributed by atoms with E-state index in [1.165, 1.54) is 0 Å². The maximum Gasteiger partial charge on any atom is 0.147 e. The summed E-state index contributed by atoms with van der Waals surface area (Å²) in [4.78, 5) is 10.4. The van der Waals surface area contributed by atoms with Crippen molar-refractivity contribution >= 4 is 17.9 Å². The fourth-order valence-electron chi connectivity index (χ4n) is 1.13. The fraction of sp³-hybridized carbons (Fsp3) is 0.375. The number of rotatable bonds is 1. The molecule has 11 heavy (non-hydrogen) atoms. The predicted octanol–water partition coefficient (Wildman–Crippen LogP) is 2.30. The van der Waals surface area contributed by atoms with Gasteiger partial charge < -0.3 is 5.11 Å². The molecule has 0 radical (unpaired) electrons. The largest absolute Gasteiger partial charge is 0.515 e. The Balaban J connectivity index is 2.97. The molecule has 0 fully saturated rings. The average molecular weight is 173 g/mol. The first-order chi connectivity index (χ1) is 5.29. The molecule has 0 aromatic carbocycles. The number of carbonyl (C=O) groups excluding carboxylic acids is 1. The van der Waals surface area contributed by atoms with Gasteiger partial charge in [-0.2, -0.15) is 0 Å². The summed E-state index contributed by atoms with van der Waals surface area (Å²) in [5.41, 5.74) is 1.26. The maximum atomic E-state index is 10.4. The van der Waals surface area contributed by atoms with E-state index < -0.39 is 0 Å². The SMILES string of the molecule is O=CC1=C(Cl)/C(=C/O)CCC1. The third-order valence-corrected chi connectivity index (χ3v) is 2.24. The van der Waals surface area contributed by atoms with E-state index in [1.807, 2.05) is 0 Å². The van der Waals surface area contributed by atoms with Crippen LogP contribution in [0, 0.1) is 0 Å². The van der Waals surface area contributed by atoms with Crippen molar-refractivity contribution in [1.29, 1.82) is 0 Å². The summed E-state index contributed by atoms with van der Waals surface area (Å²) in [5.74, 6) is 0. The van der Waals surface area contributed by atoms with Gasteiger partial charge in [0.05, 0.1) is 11.3 Å². The highest BCUT2D eigenvalue weighted by Gasteiger charge is 2.14. The van der Waals surface area contributed by atoms with Crippen LogP contribution < -0.4 is 0 Å².